The molecule has 1 N–H and O–H groups in total. The van der Waals surface area contributed by atoms with Crippen LogP contribution in [0.15, 0.2) is 48.6 Å². The number of terminal acetylenes is 1. The fourth-order valence-corrected chi connectivity index (χ4v) is 4.46. The van der Waals surface area contributed by atoms with Crippen molar-refractivity contribution in [2.45, 2.75) is 37.8 Å². The average molecular weight is 417 g/mol. The number of methoxy groups -OCH3 is 1. The molecule has 7 heteroatoms. The molecule has 29 heavy (non-hydrogen) atoms. The third-order valence-electron chi connectivity index (χ3n) is 4.85. The second-order valence-corrected chi connectivity index (χ2v) is 8.75. The second kappa shape index (κ2) is 10.8. The third kappa shape index (κ3) is 7.08. The smallest absolute Gasteiger partial charge is 0.409 e. The number of hydrogen-bond donors (Lipinski definition) is 1. The van der Waals surface area contributed by atoms with Crippen LogP contribution in [0.5, 0.6) is 0 Å². The fraction of sp³-hybridized carbons (Fsp3) is 0.409. The first-order valence-electron chi connectivity index (χ1n) is 9.56. The molecule has 1 aliphatic heterocycles. The van der Waals surface area contributed by atoms with Gasteiger partial charge in [0.25, 0.3) is 0 Å². The molecule has 0 bridgehead atoms. The first-order chi connectivity index (χ1) is 13.9. The van der Waals surface area contributed by atoms with Crippen molar-refractivity contribution in [2.75, 3.05) is 19.9 Å². The molecule has 0 aliphatic carbocycles. The fourth-order valence-electron chi connectivity index (χ4n) is 3.63. The van der Waals surface area contributed by atoms with Crippen LogP contribution < -0.4 is 4.72 Å². The lowest BCUT2D eigenvalue weighted by molar-refractivity contribution is 0.0766. The Morgan fingerprint density at radius 3 is 2.72 bits per heavy atom. The standard InChI is InChI=1S/C22H28N2O4S/c1-4-5-11-18(19-12-7-6-8-13-19)14-9-16-21-20(23-29(3,26)27)15-10-17-24(21)22(25)28-2/h1,5-8,11-14,20-21,23H,9-10,15-17H2,2-3H3/b11-5-,18-14+. The molecule has 6 nitrogen and oxygen atoms in total. The zero-order valence-corrected chi connectivity index (χ0v) is 17.7. The number of amides is 1. The Bertz CT molecular complexity index is 885. The summed E-state index contributed by atoms with van der Waals surface area (Å²) in [7, 11) is -2.05. The van der Waals surface area contributed by atoms with Crippen molar-refractivity contribution in [1.29, 1.82) is 0 Å². The van der Waals surface area contributed by atoms with Gasteiger partial charge < -0.3 is 9.64 Å². The van der Waals surface area contributed by atoms with Crippen LogP contribution in [0.3, 0.4) is 0 Å². The highest BCUT2D eigenvalue weighted by atomic mass is 32.2. The van der Waals surface area contributed by atoms with Gasteiger partial charge in [0, 0.05) is 12.6 Å². The Morgan fingerprint density at radius 2 is 2.10 bits per heavy atom. The Kier molecular flexibility index (Phi) is 8.50. The molecule has 2 rings (SSSR count). The van der Waals surface area contributed by atoms with E-state index in [1.807, 2.05) is 36.4 Å². The number of carbonyl (C=O) groups excluding carboxylic acids is 1. The van der Waals surface area contributed by atoms with E-state index in [2.05, 4.69) is 16.7 Å². The van der Waals surface area contributed by atoms with Crippen LogP contribution in [0, 0.1) is 12.3 Å². The highest BCUT2D eigenvalue weighted by Gasteiger charge is 2.35. The molecule has 1 heterocycles. The summed E-state index contributed by atoms with van der Waals surface area (Å²) in [5.41, 5.74) is 2.02. The number of rotatable bonds is 7. The number of allylic oxidation sites excluding steroid dienone is 4. The first-order valence-corrected chi connectivity index (χ1v) is 11.4. The van der Waals surface area contributed by atoms with E-state index in [4.69, 9.17) is 11.2 Å². The van der Waals surface area contributed by atoms with Gasteiger partial charge in [-0.05, 0) is 49.0 Å². The molecule has 1 saturated heterocycles. The molecule has 0 aromatic heterocycles. The number of nitrogens with zero attached hydrogens (tertiary/aromatic N) is 1. The number of nitrogens with one attached hydrogen (secondary N) is 1. The SMILES string of the molecule is C#C/C=C\C(=C/CCC1C(NS(C)(=O)=O)CCCN1C(=O)OC)c1ccccc1. The van der Waals surface area contributed by atoms with E-state index < -0.39 is 16.1 Å². The van der Waals surface area contributed by atoms with Crippen molar-refractivity contribution < 1.29 is 17.9 Å². The van der Waals surface area contributed by atoms with Crippen molar-refractivity contribution in [3.8, 4) is 12.3 Å². The van der Waals surface area contributed by atoms with Crippen LogP contribution in [0.4, 0.5) is 4.79 Å². The van der Waals surface area contributed by atoms with E-state index in [9.17, 15) is 13.2 Å². The Labute approximate surface area is 173 Å². The number of piperidine rings is 1. The normalized spacial score (nSPS) is 20.4. The number of carbonyl (C=O) groups is 1. The summed E-state index contributed by atoms with van der Waals surface area (Å²) in [4.78, 5) is 13.9. The van der Waals surface area contributed by atoms with Gasteiger partial charge >= 0.3 is 6.09 Å². The van der Waals surface area contributed by atoms with Gasteiger partial charge in [0.15, 0.2) is 0 Å². The van der Waals surface area contributed by atoms with E-state index in [1.54, 1.807) is 11.0 Å². The number of hydrogen-bond acceptors (Lipinski definition) is 4. The summed E-state index contributed by atoms with van der Waals surface area (Å²) < 4.78 is 31.2. The summed E-state index contributed by atoms with van der Waals surface area (Å²) >= 11 is 0. The van der Waals surface area contributed by atoms with Gasteiger partial charge in [0.05, 0.1) is 19.4 Å². The number of benzene rings is 1. The van der Waals surface area contributed by atoms with Crippen molar-refractivity contribution in [3.05, 3.63) is 54.1 Å². The van der Waals surface area contributed by atoms with Gasteiger partial charge in [-0.15, -0.1) is 6.42 Å². The maximum Gasteiger partial charge on any atom is 0.409 e. The van der Waals surface area contributed by atoms with Gasteiger partial charge in [-0.2, -0.15) is 0 Å². The summed E-state index contributed by atoms with van der Waals surface area (Å²) in [5, 5.41) is 0. The van der Waals surface area contributed by atoms with Crippen LogP contribution in [-0.2, 0) is 14.8 Å². The molecule has 1 amide bonds. The van der Waals surface area contributed by atoms with Gasteiger partial charge in [0.1, 0.15) is 0 Å². The zero-order chi connectivity index (χ0) is 21.3. The largest absolute Gasteiger partial charge is 0.453 e. The van der Waals surface area contributed by atoms with Gasteiger partial charge in [-0.25, -0.2) is 17.9 Å². The van der Waals surface area contributed by atoms with Gasteiger partial charge in [-0.1, -0.05) is 42.3 Å². The van der Waals surface area contributed by atoms with E-state index in [1.165, 1.54) is 7.11 Å². The van der Waals surface area contributed by atoms with Crippen molar-refractivity contribution in [2.24, 2.45) is 0 Å². The lowest BCUT2D eigenvalue weighted by atomic mass is 9.92. The maximum absolute atomic E-state index is 12.2. The van der Waals surface area contributed by atoms with E-state index in [0.717, 1.165) is 23.8 Å². The summed E-state index contributed by atoms with van der Waals surface area (Å²) in [6, 6.07) is 9.25. The molecule has 1 aliphatic rings. The van der Waals surface area contributed by atoms with Crippen molar-refractivity contribution in [3.63, 3.8) is 0 Å². The minimum atomic E-state index is -3.39. The summed E-state index contributed by atoms with van der Waals surface area (Å²) in [6.07, 6.45) is 14.3. The van der Waals surface area contributed by atoms with Crippen molar-refractivity contribution >= 4 is 21.7 Å². The molecule has 156 valence electrons. The van der Waals surface area contributed by atoms with Crippen molar-refractivity contribution in [1.82, 2.24) is 9.62 Å². The number of likely N-dealkylation sites (tertiary alicyclic amines) is 1. The predicted molar refractivity (Wildman–Crippen MR) is 116 cm³/mol. The maximum atomic E-state index is 12.2. The topological polar surface area (TPSA) is 75.7 Å². The minimum absolute atomic E-state index is 0.282. The van der Waals surface area contributed by atoms with Gasteiger partial charge in [-0.3, -0.25) is 0 Å². The first kappa shape index (κ1) is 22.7. The monoisotopic (exact) mass is 416 g/mol. The van der Waals surface area contributed by atoms with Crippen LogP contribution in [0.1, 0.15) is 31.2 Å². The van der Waals surface area contributed by atoms with E-state index in [0.29, 0.717) is 25.8 Å². The second-order valence-electron chi connectivity index (χ2n) is 6.97. The molecular formula is C22H28N2O4S. The van der Waals surface area contributed by atoms with Crippen LogP contribution in [0.25, 0.3) is 5.57 Å². The van der Waals surface area contributed by atoms with Gasteiger partial charge in [0.2, 0.25) is 10.0 Å². The molecular weight excluding hydrogens is 388 g/mol. The lowest BCUT2D eigenvalue weighted by Crippen LogP contribution is -2.56. The molecule has 1 aromatic rings. The molecule has 1 aromatic carbocycles. The van der Waals surface area contributed by atoms with Crippen LogP contribution in [-0.4, -0.2) is 51.4 Å². The molecule has 0 spiro atoms. The number of ether oxygens (including phenoxy) is 1. The quantitative estimate of drug-likeness (QED) is 0.547. The predicted octanol–water partition coefficient (Wildman–Crippen LogP) is 3.19. The summed E-state index contributed by atoms with van der Waals surface area (Å²) in [6.45, 7) is 0.547. The molecule has 2 unspecified atom stereocenters. The van der Waals surface area contributed by atoms with Crippen LogP contribution in [0.2, 0.25) is 0 Å². The highest BCUT2D eigenvalue weighted by Crippen LogP contribution is 2.25. The van der Waals surface area contributed by atoms with E-state index >= 15 is 0 Å². The Balaban J connectivity index is 2.22. The molecule has 0 radical (unpaired) electrons. The Hall–Kier alpha value is -2.56. The minimum Gasteiger partial charge on any atom is -0.453 e. The zero-order valence-electron chi connectivity index (χ0n) is 16.9. The molecule has 2 atom stereocenters. The molecule has 1 fully saturated rings. The summed E-state index contributed by atoms with van der Waals surface area (Å²) in [5.74, 6) is 2.50. The highest BCUT2D eigenvalue weighted by molar-refractivity contribution is 7.88. The average Bonchev–Trinajstić information content (AvgIpc) is 2.70. The third-order valence-corrected chi connectivity index (χ3v) is 5.58. The van der Waals surface area contributed by atoms with Crippen LogP contribution >= 0.6 is 0 Å². The number of sulfonamides is 1. The Morgan fingerprint density at radius 1 is 1.38 bits per heavy atom. The lowest BCUT2D eigenvalue weighted by Gasteiger charge is -2.40. The van der Waals surface area contributed by atoms with E-state index in [-0.39, 0.29) is 12.1 Å². The molecule has 0 saturated carbocycles.